The molecule has 1 atom stereocenters. The zero-order chi connectivity index (χ0) is 11.3. The van der Waals surface area contributed by atoms with Crippen molar-refractivity contribution in [2.24, 2.45) is 5.92 Å². The second-order valence-corrected chi connectivity index (χ2v) is 5.29. The second-order valence-electron chi connectivity index (χ2n) is 3.51. The van der Waals surface area contributed by atoms with Crippen LogP contribution in [-0.2, 0) is 5.75 Å². The van der Waals surface area contributed by atoms with Crippen molar-refractivity contribution in [2.45, 2.75) is 12.7 Å². The molecule has 0 N–H and O–H groups in total. The average molecular weight is 267 g/mol. The van der Waals surface area contributed by atoms with Crippen LogP contribution in [0.15, 0.2) is 18.2 Å². The molecule has 0 spiro atoms. The number of halogens is 3. The first kappa shape index (κ1) is 13.1. The third-order valence-electron chi connectivity index (χ3n) is 1.94. The molecule has 1 aromatic rings. The van der Waals surface area contributed by atoms with Crippen LogP contribution in [0.4, 0.5) is 4.39 Å². The highest BCUT2D eigenvalue weighted by Crippen LogP contribution is 2.21. The summed E-state index contributed by atoms with van der Waals surface area (Å²) >= 11 is 13.0. The van der Waals surface area contributed by atoms with Crippen LogP contribution in [0.5, 0.6) is 0 Å². The molecule has 0 saturated carbocycles. The van der Waals surface area contributed by atoms with Gasteiger partial charge >= 0.3 is 0 Å². The Morgan fingerprint density at radius 2 is 2.20 bits per heavy atom. The number of hydrogen-bond acceptors (Lipinski definition) is 1. The van der Waals surface area contributed by atoms with Gasteiger partial charge in [0.1, 0.15) is 5.82 Å². The molecule has 0 aliphatic rings. The molecule has 0 aliphatic heterocycles. The molecule has 0 aliphatic carbocycles. The van der Waals surface area contributed by atoms with E-state index in [9.17, 15) is 4.39 Å². The van der Waals surface area contributed by atoms with E-state index in [1.54, 1.807) is 23.9 Å². The molecule has 1 rings (SSSR count). The molecule has 0 nitrogen and oxygen atoms in total. The standard InChI is InChI=1S/C11H13Cl2FS/c1-8(5-12)6-15-7-9-2-3-10(13)4-11(9)14/h2-4,8H,5-7H2,1H3. The highest BCUT2D eigenvalue weighted by molar-refractivity contribution is 7.98. The minimum Gasteiger partial charge on any atom is -0.207 e. The van der Waals surface area contributed by atoms with Crippen LogP contribution in [0.1, 0.15) is 12.5 Å². The van der Waals surface area contributed by atoms with Gasteiger partial charge in [0, 0.05) is 16.7 Å². The summed E-state index contributed by atoms with van der Waals surface area (Å²) in [5.74, 6) is 2.51. The highest BCUT2D eigenvalue weighted by atomic mass is 35.5. The number of hydrogen-bond donors (Lipinski definition) is 0. The second kappa shape index (κ2) is 6.62. The fourth-order valence-electron chi connectivity index (χ4n) is 1.05. The van der Waals surface area contributed by atoms with Crippen molar-refractivity contribution in [1.29, 1.82) is 0 Å². The van der Waals surface area contributed by atoms with Gasteiger partial charge in [-0.05, 0) is 29.4 Å². The number of rotatable bonds is 5. The fraction of sp³-hybridized carbons (Fsp3) is 0.455. The van der Waals surface area contributed by atoms with Crippen molar-refractivity contribution in [3.05, 3.63) is 34.6 Å². The van der Waals surface area contributed by atoms with Crippen molar-refractivity contribution < 1.29 is 4.39 Å². The molecule has 0 radical (unpaired) electrons. The van der Waals surface area contributed by atoms with Gasteiger partial charge < -0.3 is 0 Å². The van der Waals surface area contributed by atoms with Gasteiger partial charge in [-0.15, -0.1) is 11.6 Å². The van der Waals surface area contributed by atoms with E-state index in [0.717, 1.165) is 5.75 Å². The van der Waals surface area contributed by atoms with Gasteiger partial charge in [-0.3, -0.25) is 0 Å². The molecule has 0 bridgehead atoms. The molecular weight excluding hydrogens is 254 g/mol. The molecule has 4 heteroatoms. The zero-order valence-corrected chi connectivity index (χ0v) is 10.8. The van der Waals surface area contributed by atoms with E-state index in [1.165, 1.54) is 6.07 Å². The summed E-state index contributed by atoms with van der Waals surface area (Å²) in [6.07, 6.45) is 0. The lowest BCUT2D eigenvalue weighted by Crippen LogP contribution is -2.00. The Labute approximate surface area is 104 Å². The number of thioether (sulfide) groups is 1. The van der Waals surface area contributed by atoms with Gasteiger partial charge in [0.05, 0.1) is 0 Å². The highest BCUT2D eigenvalue weighted by Gasteiger charge is 2.05. The first-order valence-corrected chi connectivity index (χ1v) is 6.78. The summed E-state index contributed by atoms with van der Waals surface area (Å²) < 4.78 is 13.3. The van der Waals surface area contributed by atoms with Crippen LogP contribution >= 0.6 is 35.0 Å². The van der Waals surface area contributed by atoms with E-state index in [0.29, 0.717) is 28.1 Å². The van der Waals surface area contributed by atoms with Gasteiger partial charge in [0.15, 0.2) is 0 Å². The van der Waals surface area contributed by atoms with E-state index in [4.69, 9.17) is 23.2 Å². The minimum absolute atomic E-state index is 0.228. The molecule has 15 heavy (non-hydrogen) atoms. The predicted molar refractivity (Wildman–Crippen MR) is 67.5 cm³/mol. The van der Waals surface area contributed by atoms with Gasteiger partial charge in [0.25, 0.3) is 0 Å². The quantitative estimate of drug-likeness (QED) is 0.703. The molecule has 84 valence electrons. The molecule has 0 heterocycles. The van der Waals surface area contributed by atoms with Crippen LogP contribution in [-0.4, -0.2) is 11.6 Å². The van der Waals surface area contributed by atoms with Gasteiger partial charge in [-0.2, -0.15) is 11.8 Å². The summed E-state index contributed by atoms with van der Waals surface area (Å²) in [4.78, 5) is 0. The maximum atomic E-state index is 13.3. The van der Waals surface area contributed by atoms with E-state index >= 15 is 0 Å². The maximum Gasteiger partial charge on any atom is 0.128 e. The smallest absolute Gasteiger partial charge is 0.128 e. The van der Waals surface area contributed by atoms with E-state index in [2.05, 4.69) is 6.92 Å². The zero-order valence-electron chi connectivity index (χ0n) is 8.47. The first-order chi connectivity index (χ1) is 7.13. The van der Waals surface area contributed by atoms with Crippen LogP contribution in [0, 0.1) is 11.7 Å². The molecule has 0 amide bonds. The van der Waals surface area contributed by atoms with Crippen molar-refractivity contribution in [1.82, 2.24) is 0 Å². The lowest BCUT2D eigenvalue weighted by molar-refractivity contribution is 0.617. The van der Waals surface area contributed by atoms with Crippen LogP contribution in [0.3, 0.4) is 0 Å². The fourth-order valence-corrected chi connectivity index (χ4v) is 2.54. The SMILES string of the molecule is CC(CCl)CSCc1ccc(Cl)cc1F. The lowest BCUT2D eigenvalue weighted by atomic mass is 10.2. The maximum absolute atomic E-state index is 13.3. The van der Waals surface area contributed by atoms with Crippen molar-refractivity contribution >= 4 is 35.0 Å². The van der Waals surface area contributed by atoms with Crippen molar-refractivity contribution in [3.8, 4) is 0 Å². The number of benzene rings is 1. The molecule has 0 aromatic heterocycles. The summed E-state index contributed by atoms with van der Waals surface area (Å²) in [6.45, 7) is 2.08. The van der Waals surface area contributed by atoms with Crippen molar-refractivity contribution in [3.63, 3.8) is 0 Å². The molecule has 0 fully saturated rings. The van der Waals surface area contributed by atoms with E-state index in [-0.39, 0.29) is 5.82 Å². The van der Waals surface area contributed by atoms with Crippen LogP contribution in [0.25, 0.3) is 0 Å². The van der Waals surface area contributed by atoms with Crippen molar-refractivity contribution in [2.75, 3.05) is 11.6 Å². The monoisotopic (exact) mass is 266 g/mol. The van der Waals surface area contributed by atoms with Gasteiger partial charge in [-0.1, -0.05) is 24.6 Å². The molecule has 0 saturated heterocycles. The molecule has 1 unspecified atom stereocenters. The topological polar surface area (TPSA) is 0 Å². The number of alkyl halides is 1. The Morgan fingerprint density at radius 1 is 1.47 bits per heavy atom. The van der Waals surface area contributed by atoms with E-state index < -0.39 is 0 Å². The van der Waals surface area contributed by atoms with E-state index in [1.807, 2.05) is 0 Å². The summed E-state index contributed by atoms with van der Waals surface area (Å²) in [6, 6.07) is 4.80. The summed E-state index contributed by atoms with van der Waals surface area (Å²) in [5, 5.41) is 0.440. The summed E-state index contributed by atoms with van der Waals surface area (Å²) in [5.41, 5.74) is 0.700. The predicted octanol–water partition coefficient (Wildman–Crippen LogP) is 4.59. The largest absolute Gasteiger partial charge is 0.207 e. The Balaban J connectivity index is 2.44. The van der Waals surface area contributed by atoms with Crippen LogP contribution < -0.4 is 0 Å². The molecular formula is C11H13Cl2FS. The first-order valence-electron chi connectivity index (χ1n) is 4.71. The van der Waals surface area contributed by atoms with Gasteiger partial charge in [0.2, 0.25) is 0 Å². The third-order valence-corrected chi connectivity index (χ3v) is 4.02. The Morgan fingerprint density at radius 3 is 2.80 bits per heavy atom. The Hall–Kier alpha value is 0.0800. The molecule has 1 aromatic carbocycles. The Bertz CT molecular complexity index is 317. The lowest BCUT2D eigenvalue weighted by Gasteiger charge is -2.07. The summed E-state index contributed by atoms with van der Waals surface area (Å²) in [7, 11) is 0. The minimum atomic E-state index is -0.228. The van der Waals surface area contributed by atoms with Crippen LogP contribution in [0.2, 0.25) is 5.02 Å². The third kappa shape index (κ3) is 4.62. The Kier molecular flexibility index (Phi) is 5.80. The van der Waals surface area contributed by atoms with Gasteiger partial charge in [-0.25, -0.2) is 4.39 Å². The average Bonchev–Trinajstić information content (AvgIpc) is 2.21. The normalized spacial score (nSPS) is 12.8.